The zero-order valence-corrected chi connectivity index (χ0v) is 40.8. The number of hydrogen-bond acceptors (Lipinski definition) is 16. The number of amides is 7. The summed E-state index contributed by atoms with van der Waals surface area (Å²) in [6.45, 7) is 2.42. The van der Waals surface area contributed by atoms with Crippen LogP contribution in [0, 0.1) is 5.92 Å². The van der Waals surface area contributed by atoms with Gasteiger partial charge in [-0.3, -0.25) is 33.6 Å². The summed E-state index contributed by atoms with van der Waals surface area (Å²) in [5.74, 6) is -8.08. The van der Waals surface area contributed by atoms with E-state index in [2.05, 4.69) is 72.4 Å². The first-order valence-electron chi connectivity index (χ1n) is 21.8. The number of H-pyrrole nitrogens is 1. The lowest BCUT2D eigenvalue weighted by Crippen LogP contribution is -2.61. The molecule has 14 N–H and O–H groups in total. The number of hydrogen-bond donors (Lipinski definition) is 15. The number of rotatable bonds is 29. The van der Waals surface area contributed by atoms with Crippen molar-refractivity contribution >= 4 is 84.3 Å². The topological polar surface area (TPSA) is 356 Å². The smallest absolute Gasteiger partial charge is 0.326 e. The standard InChI is InChI=1S/C44H62N10O12S3/c1-4-23(2)36(43(64)50-32(44(65)66)16-25-7-11-28(57)12-8-25)54-40(61)33(19-55)51-42(63)35(21-68)53-38(59)30(13-14-69-3)48-39(60)31(15-24-5-9-27(56)10-6-24)49-41(62)34(20-67)52-37(58)29(45)17-26-18-46-22-47-26/h5-12,18,22-23,29-36,55-57,67-68H,4,13-17,19-21,45H2,1-3H3,(H,46,47)(H,48,60)(H,49,62)(H,50,64)(H,51,63)(H,52,58)(H,53,59)(H,54,61)(H,65,66)/t23-,29-,30-,31-,32-,33+,34-,35-,36-/m0/s1. The SMILES string of the molecule is CC[C@H](C)[C@H](NC(=O)[C@@H](CO)NC(=O)[C@H](CS)NC(=O)[C@H](CCSC)NC(=O)[C@H](Cc1ccc(O)cc1)NC(=O)[C@H](CS)NC(=O)[C@@H](N)Cc1cnc[nH]1)C(=O)N[C@@H](Cc1ccc(O)cc1)C(=O)O. The molecule has 0 saturated carbocycles. The highest BCUT2D eigenvalue weighted by Crippen LogP contribution is 2.15. The van der Waals surface area contributed by atoms with Crippen LogP contribution in [-0.4, -0.2) is 156 Å². The molecule has 0 radical (unpaired) electrons. The molecular formula is C44H62N10O12S3. The molecule has 0 unspecified atom stereocenters. The lowest BCUT2D eigenvalue weighted by Gasteiger charge is -2.28. The molecule has 3 aromatic rings. The van der Waals surface area contributed by atoms with Gasteiger partial charge in [0, 0.05) is 42.7 Å². The number of aromatic hydroxyl groups is 2. The number of nitrogens with one attached hydrogen (secondary N) is 8. The highest BCUT2D eigenvalue weighted by molar-refractivity contribution is 7.98. The Morgan fingerprint density at radius 2 is 1.10 bits per heavy atom. The van der Waals surface area contributed by atoms with Crippen LogP contribution in [0.15, 0.2) is 61.1 Å². The van der Waals surface area contributed by atoms with Crippen LogP contribution < -0.4 is 43.0 Å². The fourth-order valence-electron chi connectivity index (χ4n) is 6.54. The number of aromatic amines is 1. The summed E-state index contributed by atoms with van der Waals surface area (Å²) in [6, 6.07) is 0.760. The molecule has 378 valence electrons. The molecule has 0 bridgehead atoms. The third-order valence-corrected chi connectivity index (χ3v) is 12.2. The molecule has 22 nitrogen and oxygen atoms in total. The first-order valence-corrected chi connectivity index (χ1v) is 24.5. The molecule has 2 aromatic carbocycles. The van der Waals surface area contributed by atoms with Crippen molar-refractivity contribution < 1.29 is 58.8 Å². The number of phenolic OH excluding ortho intramolecular Hbond substituents is 2. The van der Waals surface area contributed by atoms with E-state index >= 15 is 0 Å². The summed E-state index contributed by atoms with van der Waals surface area (Å²) in [5.41, 5.74) is 7.65. The number of carbonyl (C=O) groups excluding carboxylic acids is 7. The summed E-state index contributed by atoms with van der Waals surface area (Å²) < 4.78 is 0. The second-order valence-electron chi connectivity index (χ2n) is 16.0. The molecule has 0 aliphatic carbocycles. The molecular weight excluding hydrogens is 957 g/mol. The number of thiol groups is 2. The minimum absolute atomic E-state index is 0.0344. The molecule has 0 aliphatic rings. The van der Waals surface area contributed by atoms with Gasteiger partial charge in [0.1, 0.15) is 53.8 Å². The number of aromatic nitrogens is 2. The minimum atomic E-state index is -1.66. The van der Waals surface area contributed by atoms with Crippen LogP contribution in [0.2, 0.25) is 0 Å². The van der Waals surface area contributed by atoms with E-state index < -0.39 is 108 Å². The number of aliphatic hydroxyl groups is 1. The van der Waals surface area contributed by atoms with E-state index in [1.807, 2.05) is 0 Å². The quantitative estimate of drug-likeness (QED) is 0.0345. The van der Waals surface area contributed by atoms with Crippen LogP contribution in [-0.2, 0) is 57.6 Å². The molecule has 69 heavy (non-hydrogen) atoms. The maximum Gasteiger partial charge on any atom is 0.326 e. The number of aliphatic carboxylic acids is 1. The van der Waals surface area contributed by atoms with Gasteiger partial charge in [-0.25, -0.2) is 9.78 Å². The molecule has 9 atom stereocenters. The molecule has 1 heterocycles. The number of carbonyl (C=O) groups is 8. The normalized spacial score (nSPS) is 15.0. The van der Waals surface area contributed by atoms with Gasteiger partial charge in [0.25, 0.3) is 0 Å². The Kier molecular flexibility index (Phi) is 24.2. The van der Waals surface area contributed by atoms with Crippen molar-refractivity contribution in [2.24, 2.45) is 11.7 Å². The van der Waals surface area contributed by atoms with Crippen LogP contribution in [0.25, 0.3) is 0 Å². The summed E-state index contributed by atoms with van der Waals surface area (Å²) in [7, 11) is 0. The summed E-state index contributed by atoms with van der Waals surface area (Å²) in [5, 5.41) is 57.1. The molecule has 7 amide bonds. The lowest BCUT2D eigenvalue weighted by molar-refractivity contribution is -0.142. The monoisotopic (exact) mass is 1020 g/mol. The van der Waals surface area contributed by atoms with Gasteiger partial charge in [-0.05, 0) is 59.7 Å². The number of carboxylic acid groups (broad SMARTS) is 1. The average molecular weight is 1020 g/mol. The Morgan fingerprint density at radius 1 is 0.652 bits per heavy atom. The van der Waals surface area contributed by atoms with Crippen molar-refractivity contribution in [3.63, 3.8) is 0 Å². The number of nitrogens with two attached hydrogens (primary N) is 1. The zero-order chi connectivity index (χ0) is 51.2. The Morgan fingerprint density at radius 3 is 1.58 bits per heavy atom. The zero-order valence-electron chi connectivity index (χ0n) is 38.2. The maximum absolute atomic E-state index is 14.1. The molecule has 0 aliphatic heterocycles. The van der Waals surface area contributed by atoms with Crippen LogP contribution in [0.3, 0.4) is 0 Å². The highest BCUT2D eigenvalue weighted by Gasteiger charge is 2.35. The number of benzene rings is 2. The predicted octanol–water partition coefficient (Wildman–Crippen LogP) is -1.69. The van der Waals surface area contributed by atoms with E-state index in [1.54, 1.807) is 20.1 Å². The summed E-state index contributed by atoms with van der Waals surface area (Å²) in [4.78, 5) is 114. The van der Waals surface area contributed by atoms with E-state index in [1.165, 1.54) is 72.8 Å². The van der Waals surface area contributed by atoms with Crippen LogP contribution in [0.4, 0.5) is 0 Å². The van der Waals surface area contributed by atoms with Gasteiger partial charge in [-0.2, -0.15) is 37.0 Å². The molecule has 1 aromatic heterocycles. The Hall–Kier alpha value is -6.02. The number of imidazole rings is 1. The summed E-state index contributed by atoms with van der Waals surface area (Å²) >= 11 is 9.79. The number of carboxylic acids is 1. The lowest BCUT2D eigenvalue weighted by atomic mass is 9.97. The Balaban J connectivity index is 1.74. The van der Waals surface area contributed by atoms with Gasteiger partial charge >= 0.3 is 5.97 Å². The molecule has 0 saturated heterocycles. The van der Waals surface area contributed by atoms with Crippen LogP contribution >= 0.6 is 37.0 Å². The number of thioether (sulfide) groups is 1. The number of nitrogens with zero attached hydrogens (tertiary/aromatic N) is 1. The number of phenols is 2. The maximum atomic E-state index is 14.1. The van der Waals surface area contributed by atoms with Crippen LogP contribution in [0.5, 0.6) is 11.5 Å². The Bertz CT molecular complexity index is 2170. The van der Waals surface area contributed by atoms with Crippen molar-refractivity contribution in [3.8, 4) is 11.5 Å². The predicted molar refractivity (Wildman–Crippen MR) is 262 cm³/mol. The van der Waals surface area contributed by atoms with E-state index in [4.69, 9.17) is 5.73 Å². The van der Waals surface area contributed by atoms with Gasteiger partial charge in [0.15, 0.2) is 0 Å². The highest BCUT2D eigenvalue weighted by atomic mass is 32.2. The third-order valence-electron chi connectivity index (χ3n) is 10.8. The third kappa shape index (κ3) is 18.8. The van der Waals surface area contributed by atoms with E-state index in [0.29, 0.717) is 29.0 Å². The van der Waals surface area contributed by atoms with E-state index in [9.17, 15) is 58.8 Å². The minimum Gasteiger partial charge on any atom is -0.508 e. The van der Waals surface area contributed by atoms with Gasteiger partial charge in [-0.1, -0.05) is 44.5 Å². The van der Waals surface area contributed by atoms with Crippen molar-refractivity contribution in [1.82, 2.24) is 47.2 Å². The van der Waals surface area contributed by atoms with Crippen molar-refractivity contribution in [2.45, 2.75) is 94.3 Å². The number of aliphatic hydroxyl groups excluding tert-OH is 1. The molecule has 3 rings (SSSR count). The van der Waals surface area contributed by atoms with Gasteiger partial charge in [0.05, 0.1) is 19.0 Å². The van der Waals surface area contributed by atoms with Crippen LogP contribution in [0.1, 0.15) is 43.5 Å². The van der Waals surface area contributed by atoms with E-state index in [0.717, 1.165) is 0 Å². The molecule has 0 fully saturated rings. The first-order chi connectivity index (χ1) is 32.8. The van der Waals surface area contributed by atoms with Crippen molar-refractivity contribution in [3.05, 3.63) is 77.9 Å². The average Bonchev–Trinajstić information content (AvgIpc) is 3.85. The molecule has 0 spiro atoms. The van der Waals surface area contributed by atoms with Gasteiger partial charge < -0.3 is 68.4 Å². The second kappa shape index (κ2) is 29.1. The Labute approximate surface area is 414 Å². The van der Waals surface area contributed by atoms with Gasteiger partial charge in [0.2, 0.25) is 41.4 Å². The fraction of sp³-hybridized carbons (Fsp3) is 0.477. The summed E-state index contributed by atoms with van der Waals surface area (Å²) in [6.07, 6.45) is 4.90. The molecule has 25 heteroatoms. The van der Waals surface area contributed by atoms with Crippen molar-refractivity contribution in [2.75, 3.05) is 30.1 Å². The first kappa shape index (κ1) is 57.3. The second-order valence-corrected chi connectivity index (χ2v) is 17.8. The largest absolute Gasteiger partial charge is 0.508 e. The fourth-order valence-corrected chi connectivity index (χ4v) is 7.53. The van der Waals surface area contributed by atoms with Gasteiger partial charge in [-0.15, -0.1) is 0 Å². The van der Waals surface area contributed by atoms with Crippen molar-refractivity contribution in [1.29, 1.82) is 0 Å². The van der Waals surface area contributed by atoms with E-state index in [-0.39, 0.29) is 48.7 Å².